The Kier molecular flexibility index (Phi) is 4.93. The number of benzene rings is 1. The van der Waals surface area contributed by atoms with Gasteiger partial charge in [0.25, 0.3) is 5.56 Å². The molecule has 1 heterocycles. The molecule has 4 heteroatoms. The Hall–Kier alpha value is -1.65. The molecule has 0 spiro atoms. The fourth-order valence-electron chi connectivity index (χ4n) is 2.36. The number of para-hydroxylation sites is 1. The van der Waals surface area contributed by atoms with Crippen molar-refractivity contribution >= 4 is 10.9 Å². The molecule has 0 fully saturated rings. The fraction of sp³-hybridized carbons (Fsp3) is 0.438. The lowest BCUT2D eigenvalue weighted by Gasteiger charge is -2.11. The van der Waals surface area contributed by atoms with Crippen molar-refractivity contribution in [1.29, 1.82) is 0 Å². The van der Waals surface area contributed by atoms with Gasteiger partial charge in [0.1, 0.15) is 0 Å². The molecule has 4 nitrogen and oxygen atoms in total. The monoisotopic (exact) mass is 273 g/mol. The fourth-order valence-corrected chi connectivity index (χ4v) is 2.36. The Bertz CT molecular complexity index is 631. The molecule has 0 amide bonds. The molecule has 1 aromatic carbocycles. The van der Waals surface area contributed by atoms with Crippen molar-refractivity contribution in [2.24, 2.45) is 7.05 Å². The van der Waals surface area contributed by atoms with Crippen LogP contribution in [0.5, 0.6) is 0 Å². The van der Waals surface area contributed by atoms with E-state index in [-0.39, 0.29) is 5.56 Å². The zero-order valence-corrected chi connectivity index (χ0v) is 12.5. The molecule has 1 N–H and O–H groups in total. The summed E-state index contributed by atoms with van der Waals surface area (Å²) in [5.41, 5.74) is 1.90. The molecule has 0 radical (unpaired) electrons. The van der Waals surface area contributed by atoms with Crippen molar-refractivity contribution in [2.45, 2.75) is 13.0 Å². The number of nitrogens with zero attached hydrogens (tertiary/aromatic N) is 2. The van der Waals surface area contributed by atoms with E-state index < -0.39 is 0 Å². The van der Waals surface area contributed by atoms with Gasteiger partial charge in [-0.3, -0.25) is 4.79 Å². The van der Waals surface area contributed by atoms with Gasteiger partial charge in [-0.25, -0.2) is 0 Å². The lowest BCUT2D eigenvalue weighted by atomic mass is 10.1. The van der Waals surface area contributed by atoms with E-state index in [0.717, 1.165) is 36.0 Å². The van der Waals surface area contributed by atoms with Crippen LogP contribution in [0.2, 0.25) is 0 Å². The maximum Gasteiger partial charge on any atom is 0.255 e. The highest BCUT2D eigenvalue weighted by atomic mass is 16.1. The predicted molar refractivity (Wildman–Crippen MR) is 84.1 cm³/mol. The zero-order chi connectivity index (χ0) is 14.5. The number of hydrogen-bond donors (Lipinski definition) is 1. The van der Waals surface area contributed by atoms with Gasteiger partial charge in [-0.1, -0.05) is 18.2 Å². The Labute approximate surface area is 120 Å². The van der Waals surface area contributed by atoms with Gasteiger partial charge >= 0.3 is 0 Å². The lowest BCUT2D eigenvalue weighted by molar-refractivity contribution is 0.394. The number of rotatable bonds is 6. The van der Waals surface area contributed by atoms with Crippen molar-refractivity contribution in [1.82, 2.24) is 14.8 Å². The molecule has 0 saturated carbocycles. The highest BCUT2D eigenvalue weighted by molar-refractivity contribution is 5.79. The average Bonchev–Trinajstić information content (AvgIpc) is 2.43. The molecule has 0 bridgehead atoms. The minimum Gasteiger partial charge on any atom is -0.312 e. The summed E-state index contributed by atoms with van der Waals surface area (Å²) >= 11 is 0. The van der Waals surface area contributed by atoms with Crippen molar-refractivity contribution in [3.63, 3.8) is 0 Å². The quantitative estimate of drug-likeness (QED) is 0.812. The molecule has 0 aliphatic heterocycles. The molecular formula is C16H23N3O. The molecule has 108 valence electrons. The largest absolute Gasteiger partial charge is 0.312 e. The Morgan fingerprint density at radius 3 is 2.75 bits per heavy atom. The minimum absolute atomic E-state index is 0.0869. The van der Waals surface area contributed by atoms with Crippen LogP contribution < -0.4 is 10.9 Å². The van der Waals surface area contributed by atoms with Crippen LogP contribution in [0.1, 0.15) is 12.0 Å². The molecular weight excluding hydrogens is 250 g/mol. The summed E-state index contributed by atoms with van der Waals surface area (Å²) in [5.74, 6) is 0. The number of aromatic nitrogens is 1. The van der Waals surface area contributed by atoms with E-state index in [0.29, 0.717) is 6.54 Å². The van der Waals surface area contributed by atoms with Crippen LogP contribution in [0.15, 0.2) is 35.1 Å². The van der Waals surface area contributed by atoms with Gasteiger partial charge in [-0.15, -0.1) is 0 Å². The second-order valence-electron chi connectivity index (χ2n) is 5.43. The van der Waals surface area contributed by atoms with E-state index in [2.05, 4.69) is 24.3 Å². The van der Waals surface area contributed by atoms with E-state index >= 15 is 0 Å². The van der Waals surface area contributed by atoms with Crippen LogP contribution in [-0.2, 0) is 13.6 Å². The van der Waals surface area contributed by atoms with E-state index in [1.54, 1.807) is 4.57 Å². The second kappa shape index (κ2) is 6.68. The summed E-state index contributed by atoms with van der Waals surface area (Å²) in [4.78, 5) is 14.4. The molecule has 2 rings (SSSR count). The Morgan fingerprint density at radius 2 is 2.00 bits per heavy atom. The number of hydrogen-bond acceptors (Lipinski definition) is 3. The number of fused-ring (bicyclic) bond motifs is 1. The zero-order valence-electron chi connectivity index (χ0n) is 12.5. The number of pyridine rings is 1. The van der Waals surface area contributed by atoms with Crippen LogP contribution in [0.25, 0.3) is 10.9 Å². The van der Waals surface area contributed by atoms with Gasteiger partial charge < -0.3 is 14.8 Å². The topological polar surface area (TPSA) is 37.3 Å². The molecule has 20 heavy (non-hydrogen) atoms. The van der Waals surface area contributed by atoms with Gasteiger partial charge in [-0.2, -0.15) is 0 Å². The first-order chi connectivity index (χ1) is 9.59. The standard InChI is InChI=1S/C16H23N3O/c1-18(2)10-6-9-17-12-14-11-13-7-4-5-8-15(13)19(3)16(14)20/h4-5,7-8,11,17H,6,9-10,12H2,1-3H3. The highest BCUT2D eigenvalue weighted by Gasteiger charge is 2.05. The highest BCUT2D eigenvalue weighted by Crippen LogP contribution is 2.12. The first kappa shape index (κ1) is 14.8. The van der Waals surface area contributed by atoms with Crippen LogP contribution in [0, 0.1) is 0 Å². The first-order valence-electron chi connectivity index (χ1n) is 7.02. The van der Waals surface area contributed by atoms with E-state index in [1.165, 1.54) is 0 Å². The Morgan fingerprint density at radius 1 is 1.25 bits per heavy atom. The summed E-state index contributed by atoms with van der Waals surface area (Å²) in [5, 5.41) is 4.46. The van der Waals surface area contributed by atoms with Gasteiger partial charge in [0, 0.05) is 19.2 Å². The van der Waals surface area contributed by atoms with Crippen LogP contribution in [0.4, 0.5) is 0 Å². The van der Waals surface area contributed by atoms with E-state index in [4.69, 9.17) is 0 Å². The summed E-state index contributed by atoms with van der Waals surface area (Å²) in [7, 11) is 5.97. The Balaban J connectivity index is 2.07. The molecule has 1 aromatic heterocycles. The van der Waals surface area contributed by atoms with Gasteiger partial charge in [0.15, 0.2) is 0 Å². The van der Waals surface area contributed by atoms with E-state index in [1.807, 2.05) is 37.4 Å². The summed E-state index contributed by atoms with van der Waals surface area (Å²) < 4.78 is 1.73. The van der Waals surface area contributed by atoms with Gasteiger partial charge in [-0.05, 0) is 51.1 Å². The summed E-state index contributed by atoms with van der Waals surface area (Å²) in [6.45, 7) is 2.61. The van der Waals surface area contributed by atoms with Gasteiger partial charge in [0.05, 0.1) is 5.52 Å². The van der Waals surface area contributed by atoms with Crippen molar-refractivity contribution in [2.75, 3.05) is 27.2 Å². The van der Waals surface area contributed by atoms with Crippen LogP contribution in [0.3, 0.4) is 0 Å². The molecule has 0 atom stereocenters. The number of nitrogens with one attached hydrogen (secondary N) is 1. The van der Waals surface area contributed by atoms with Crippen LogP contribution >= 0.6 is 0 Å². The average molecular weight is 273 g/mol. The molecule has 0 unspecified atom stereocenters. The molecule has 0 saturated heterocycles. The van der Waals surface area contributed by atoms with Crippen molar-refractivity contribution in [3.8, 4) is 0 Å². The number of aryl methyl sites for hydroxylation is 1. The third-order valence-corrected chi connectivity index (χ3v) is 3.48. The predicted octanol–water partition coefficient (Wildman–Crippen LogP) is 1.58. The van der Waals surface area contributed by atoms with Crippen molar-refractivity contribution in [3.05, 3.63) is 46.2 Å². The second-order valence-corrected chi connectivity index (χ2v) is 5.43. The van der Waals surface area contributed by atoms with Gasteiger partial charge in [0.2, 0.25) is 0 Å². The van der Waals surface area contributed by atoms with Crippen molar-refractivity contribution < 1.29 is 0 Å². The van der Waals surface area contributed by atoms with Crippen LogP contribution in [-0.4, -0.2) is 36.7 Å². The minimum atomic E-state index is 0.0869. The molecule has 2 aromatic rings. The third-order valence-electron chi connectivity index (χ3n) is 3.48. The van der Waals surface area contributed by atoms with E-state index in [9.17, 15) is 4.79 Å². The normalized spacial score (nSPS) is 11.4. The summed E-state index contributed by atoms with van der Waals surface area (Å²) in [6.07, 6.45) is 1.08. The molecule has 0 aliphatic rings. The lowest BCUT2D eigenvalue weighted by Crippen LogP contribution is -2.27. The molecule has 0 aliphatic carbocycles. The smallest absolute Gasteiger partial charge is 0.255 e. The third kappa shape index (κ3) is 3.46. The first-order valence-corrected chi connectivity index (χ1v) is 7.02. The SMILES string of the molecule is CN(C)CCCNCc1cc2ccccc2n(C)c1=O. The summed E-state index contributed by atoms with van der Waals surface area (Å²) in [6, 6.07) is 9.98. The maximum atomic E-state index is 12.3. The maximum absolute atomic E-state index is 12.3.